The maximum Gasteiger partial charge on any atom is 1.00 e. The van der Waals surface area contributed by atoms with Gasteiger partial charge in [-0.2, -0.15) is 14.3 Å². The third-order valence-electron chi connectivity index (χ3n) is 5.03. The zero-order valence-corrected chi connectivity index (χ0v) is 17.5. The van der Waals surface area contributed by atoms with Crippen molar-refractivity contribution in [1.82, 2.24) is 9.96 Å². The van der Waals surface area contributed by atoms with Crippen LogP contribution in [0, 0.1) is 5.92 Å². The zero-order valence-electron chi connectivity index (χ0n) is 14.7. The van der Waals surface area contributed by atoms with Crippen LogP contribution in [-0.2, 0) is 19.5 Å². The molecule has 2 atom stereocenters. The number of amidine groups is 1. The Morgan fingerprint density at radius 3 is 2.46 bits per heavy atom. The van der Waals surface area contributed by atoms with E-state index in [9.17, 15) is 22.6 Å². The smallest absolute Gasteiger partial charge is 0.724 e. The zero-order chi connectivity index (χ0) is 18.2. The number of urea groups is 1. The van der Waals surface area contributed by atoms with Gasteiger partial charge in [0, 0.05) is 12.5 Å². The fraction of sp³-hybridized carbons (Fsp3) is 0.786. The van der Waals surface area contributed by atoms with Gasteiger partial charge in [0.05, 0.1) is 12.1 Å². The van der Waals surface area contributed by atoms with Gasteiger partial charge in [0.25, 0.3) is 5.91 Å². The number of nitrogens with zero attached hydrogens (tertiary/aromatic N) is 3. The van der Waals surface area contributed by atoms with Gasteiger partial charge in [0.15, 0.2) is 0 Å². The molecule has 2 bridgehead atoms. The Kier molecular flexibility index (Phi) is 7.08. The molecule has 0 spiro atoms. The van der Waals surface area contributed by atoms with Crippen LogP contribution in [0.1, 0.15) is 44.9 Å². The second kappa shape index (κ2) is 8.53. The molecule has 140 valence electrons. The average molecular weight is 396 g/mol. The summed E-state index contributed by atoms with van der Waals surface area (Å²) in [6, 6.07) is -1.89. The molecule has 3 aliphatic rings. The molecule has 10 nitrogen and oxygen atoms in total. The normalized spacial score (nSPS) is 27.4. The summed E-state index contributed by atoms with van der Waals surface area (Å²) in [6.07, 6.45) is 5.53. The Labute approximate surface area is 174 Å². The van der Waals surface area contributed by atoms with Crippen LogP contribution in [0.25, 0.3) is 0 Å². The molecule has 2 N–H and O–H groups in total. The van der Waals surface area contributed by atoms with E-state index in [1.54, 1.807) is 0 Å². The maximum atomic E-state index is 12.3. The molecule has 0 aromatic rings. The molecule has 2 aliphatic heterocycles. The van der Waals surface area contributed by atoms with E-state index in [0.29, 0.717) is 17.9 Å². The maximum absolute atomic E-state index is 12.3. The summed E-state index contributed by atoms with van der Waals surface area (Å²) in [5.74, 6) is -0.334. The SMILES string of the molecule is NC(=NC(=O)C1CCCCC1)[C@@H]1CC[C@@H]2CN1C(=O)N2OS(=O)(=O)[O-].[Na+]. The van der Waals surface area contributed by atoms with Gasteiger partial charge >= 0.3 is 35.6 Å². The number of hydroxylamine groups is 2. The second-order valence-electron chi connectivity index (χ2n) is 6.70. The number of hydrogen-bond donors (Lipinski definition) is 1. The van der Waals surface area contributed by atoms with E-state index in [0.717, 1.165) is 32.1 Å². The van der Waals surface area contributed by atoms with Crippen molar-refractivity contribution in [3.05, 3.63) is 0 Å². The van der Waals surface area contributed by atoms with E-state index in [4.69, 9.17) is 5.73 Å². The summed E-state index contributed by atoms with van der Waals surface area (Å²) < 4.78 is 36.6. The quantitative estimate of drug-likeness (QED) is 0.177. The molecule has 0 aromatic heterocycles. The molecule has 3 fully saturated rings. The van der Waals surface area contributed by atoms with E-state index < -0.39 is 28.5 Å². The van der Waals surface area contributed by atoms with Gasteiger partial charge in [-0.3, -0.25) is 4.79 Å². The monoisotopic (exact) mass is 396 g/mol. The number of fused-ring (bicyclic) bond motifs is 2. The van der Waals surface area contributed by atoms with Crippen molar-refractivity contribution >= 4 is 28.2 Å². The molecular weight excluding hydrogens is 375 g/mol. The molecule has 3 rings (SSSR count). The average Bonchev–Trinajstić information content (AvgIpc) is 2.79. The Balaban J connectivity index is 0.00000243. The van der Waals surface area contributed by atoms with Crippen LogP contribution in [0.5, 0.6) is 0 Å². The Hall–Kier alpha value is -0.720. The molecule has 0 radical (unpaired) electrons. The van der Waals surface area contributed by atoms with Crippen LogP contribution in [0.4, 0.5) is 4.79 Å². The molecule has 2 saturated heterocycles. The van der Waals surface area contributed by atoms with Crippen molar-refractivity contribution in [1.29, 1.82) is 0 Å². The van der Waals surface area contributed by atoms with E-state index in [-0.39, 0.29) is 53.8 Å². The van der Waals surface area contributed by atoms with Gasteiger partial charge in [-0.25, -0.2) is 13.2 Å². The van der Waals surface area contributed by atoms with Gasteiger partial charge in [-0.1, -0.05) is 19.3 Å². The summed E-state index contributed by atoms with van der Waals surface area (Å²) in [6.45, 7) is 0.173. The number of nitrogens with two attached hydrogens (primary N) is 1. The fourth-order valence-corrected chi connectivity index (χ4v) is 4.16. The largest absolute Gasteiger partial charge is 1.00 e. The van der Waals surface area contributed by atoms with Crippen LogP contribution >= 0.6 is 0 Å². The third-order valence-corrected chi connectivity index (χ3v) is 5.37. The van der Waals surface area contributed by atoms with Crippen LogP contribution in [0.2, 0.25) is 0 Å². The van der Waals surface area contributed by atoms with Crippen LogP contribution in [0.15, 0.2) is 4.99 Å². The number of carbonyl (C=O) groups is 2. The van der Waals surface area contributed by atoms with Crippen LogP contribution in [0.3, 0.4) is 0 Å². The first kappa shape index (κ1) is 21.6. The summed E-state index contributed by atoms with van der Waals surface area (Å²) in [5, 5.41) is 0.582. The van der Waals surface area contributed by atoms with Gasteiger partial charge in [-0.05, 0) is 25.7 Å². The van der Waals surface area contributed by atoms with E-state index in [1.807, 2.05) is 0 Å². The predicted octanol–water partition coefficient (Wildman–Crippen LogP) is -2.89. The van der Waals surface area contributed by atoms with Gasteiger partial charge < -0.3 is 15.2 Å². The number of piperidine rings is 1. The first-order chi connectivity index (χ1) is 11.8. The van der Waals surface area contributed by atoms with Gasteiger partial charge in [0.1, 0.15) is 5.84 Å². The van der Waals surface area contributed by atoms with E-state index >= 15 is 0 Å². The number of amides is 3. The first-order valence-corrected chi connectivity index (χ1v) is 9.73. The van der Waals surface area contributed by atoms with Crippen molar-refractivity contribution in [3.8, 4) is 0 Å². The predicted molar refractivity (Wildman–Crippen MR) is 84.7 cm³/mol. The molecule has 0 aromatic carbocycles. The summed E-state index contributed by atoms with van der Waals surface area (Å²) in [7, 11) is -5.04. The minimum absolute atomic E-state index is 0. The topological polar surface area (TPSA) is 145 Å². The Morgan fingerprint density at radius 1 is 1.19 bits per heavy atom. The van der Waals surface area contributed by atoms with Crippen molar-refractivity contribution < 1.29 is 56.4 Å². The fourth-order valence-electron chi connectivity index (χ4n) is 3.78. The number of aliphatic imine (C=N–C) groups is 1. The molecule has 0 unspecified atom stereocenters. The van der Waals surface area contributed by atoms with Crippen LogP contribution < -0.4 is 35.3 Å². The van der Waals surface area contributed by atoms with Crippen molar-refractivity contribution in [2.75, 3.05) is 6.54 Å². The van der Waals surface area contributed by atoms with Gasteiger partial charge in [-0.15, -0.1) is 0 Å². The molecule has 2 heterocycles. The van der Waals surface area contributed by atoms with E-state index in [1.165, 1.54) is 4.90 Å². The molecule has 3 amide bonds. The number of rotatable bonds is 4. The Morgan fingerprint density at radius 2 is 1.85 bits per heavy atom. The molecule has 12 heteroatoms. The number of hydrogen-bond acceptors (Lipinski definition) is 6. The molecule has 1 saturated carbocycles. The second-order valence-corrected chi connectivity index (χ2v) is 7.67. The standard InChI is InChI=1S/C14H22N4O6S.Na/c15-12(16-13(19)9-4-2-1-3-5-9)11-7-6-10-8-17(11)14(20)18(10)24-25(21,22)23;/h9-11H,1-8H2,(H2,15,16,19)(H,21,22,23);/q;+1/p-1/t10-,11+;/m1./s1. The minimum atomic E-state index is -5.04. The summed E-state index contributed by atoms with van der Waals surface area (Å²) >= 11 is 0. The molecule has 26 heavy (non-hydrogen) atoms. The Bertz CT molecular complexity index is 694. The number of carbonyl (C=O) groups excluding carboxylic acids is 2. The van der Waals surface area contributed by atoms with Crippen molar-refractivity contribution in [2.45, 2.75) is 57.0 Å². The molecular formula is C14H21N4NaO6S. The van der Waals surface area contributed by atoms with Gasteiger partial charge in [0.2, 0.25) is 10.4 Å². The van der Waals surface area contributed by atoms with Crippen LogP contribution in [-0.4, -0.2) is 59.3 Å². The minimum Gasteiger partial charge on any atom is -0.724 e. The summed E-state index contributed by atoms with van der Waals surface area (Å²) in [4.78, 5) is 29.9. The first-order valence-electron chi connectivity index (χ1n) is 8.39. The van der Waals surface area contributed by atoms with Crippen molar-refractivity contribution in [2.24, 2.45) is 16.6 Å². The third kappa shape index (κ3) is 4.76. The van der Waals surface area contributed by atoms with E-state index in [2.05, 4.69) is 9.28 Å². The summed E-state index contributed by atoms with van der Waals surface area (Å²) in [5.41, 5.74) is 5.97. The molecule has 1 aliphatic carbocycles. The van der Waals surface area contributed by atoms with Crippen molar-refractivity contribution in [3.63, 3.8) is 0 Å².